The fourth-order valence-electron chi connectivity index (χ4n) is 3.42. The third kappa shape index (κ3) is 5.41. The molecule has 0 spiro atoms. The molecular formula is C25H29FO3. The Morgan fingerprint density at radius 1 is 1.17 bits per heavy atom. The molecule has 2 rings (SSSR count). The molecule has 29 heavy (non-hydrogen) atoms. The van der Waals surface area contributed by atoms with Gasteiger partial charge in [-0.15, -0.1) is 0 Å². The fraction of sp³-hybridized carbons (Fsp3) is 0.360. The van der Waals surface area contributed by atoms with E-state index in [0.717, 1.165) is 40.7 Å². The summed E-state index contributed by atoms with van der Waals surface area (Å²) >= 11 is 0. The average molecular weight is 397 g/mol. The second-order valence-corrected chi connectivity index (χ2v) is 7.47. The molecule has 1 aromatic carbocycles. The summed E-state index contributed by atoms with van der Waals surface area (Å²) in [4.78, 5) is 23.3. The molecule has 0 amide bonds. The summed E-state index contributed by atoms with van der Waals surface area (Å²) in [7, 11) is 0. The van der Waals surface area contributed by atoms with Crippen LogP contribution < -0.4 is 0 Å². The highest BCUT2D eigenvalue weighted by atomic mass is 19.1. The van der Waals surface area contributed by atoms with Crippen molar-refractivity contribution >= 4 is 17.3 Å². The minimum atomic E-state index is -1.21. The molecule has 0 unspecified atom stereocenters. The number of benzene rings is 1. The number of carboxylic acid groups (broad SMARTS) is 1. The predicted molar refractivity (Wildman–Crippen MR) is 115 cm³/mol. The molecule has 4 heteroatoms. The van der Waals surface area contributed by atoms with E-state index < -0.39 is 11.8 Å². The van der Waals surface area contributed by atoms with Gasteiger partial charge in [0.05, 0.1) is 0 Å². The number of aliphatic carboxylic acids is 1. The van der Waals surface area contributed by atoms with Crippen LogP contribution in [0.5, 0.6) is 0 Å². The van der Waals surface area contributed by atoms with Gasteiger partial charge in [0.15, 0.2) is 5.78 Å². The lowest BCUT2D eigenvalue weighted by Crippen LogP contribution is -2.10. The number of ketones is 1. The number of halogens is 1. The molecule has 0 bridgehead atoms. The van der Waals surface area contributed by atoms with Crippen molar-refractivity contribution in [3.05, 3.63) is 75.7 Å². The van der Waals surface area contributed by atoms with Crippen molar-refractivity contribution in [2.45, 2.75) is 53.9 Å². The SMILES string of the molecule is C\C=C/C(=C(C)\C(C)=C(\C=C(/C(C)=O)C(=O)O)C1CC1)c1ccc(CC)c(F)c1. The molecule has 1 N–H and O–H groups in total. The fourth-order valence-corrected chi connectivity index (χ4v) is 3.42. The van der Waals surface area contributed by atoms with Gasteiger partial charge in [-0.05, 0) is 98.4 Å². The van der Waals surface area contributed by atoms with Crippen LogP contribution in [0.2, 0.25) is 0 Å². The van der Waals surface area contributed by atoms with Gasteiger partial charge >= 0.3 is 5.97 Å². The van der Waals surface area contributed by atoms with Crippen molar-refractivity contribution in [3.8, 4) is 0 Å². The molecule has 1 fully saturated rings. The summed E-state index contributed by atoms with van der Waals surface area (Å²) in [5.41, 5.74) is 4.88. The Bertz CT molecular complexity index is 925. The summed E-state index contributed by atoms with van der Waals surface area (Å²) in [6, 6.07) is 5.27. The average Bonchev–Trinajstić information content (AvgIpc) is 3.50. The molecule has 0 radical (unpaired) electrons. The van der Waals surface area contributed by atoms with E-state index in [1.807, 2.05) is 45.9 Å². The number of carboxylic acids is 1. The highest BCUT2D eigenvalue weighted by molar-refractivity contribution is 6.16. The zero-order chi connectivity index (χ0) is 21.7. The van der Waals surface area contributed by atoms with E-state index >= 15 is 0 Å². The second kappa shape index (κ2) is 9.64. The van der Waals surface area contributed by atoms with Crippen LogP contribution in [0.4, 0.5) is 4.39 Å². The smallest absolute Gasteiger partial charge is 0.339 e. The van der Waals surface area contributed by atoms with Crippen LogP contribution in [0, 0.1) is 11.7 Å². The molecule has 0 aromatic heterocycles. The Labute approximate surface area is 172 Å². The number of carbonyl (C=O) groups excluding carboxylic acids is 1. The van der Waals surface area contributed by atoms with Crippen LogP contribution in [0.1, 0.15) is 58.6 Å². The number of Topliss-reactive ketones (excluding diaryl/α,β-unsaturated/α-hetero) is 1. The van der Waals surface area contributed by atoms with Crippen LogP contribution >= 0.6 is 0 Å². The Kier molecular flexibility index (Phi) is 7.49. The van der Waals surface area contributed by atoms with E-state index in [4.69, 9.17) is 0 Å². The topological polar surface area (TPSA) is 54.4 Å². The number of carbonyl (C=O) groups is 2. The number of aryl methyl sites for hydroxylation is 1. The van der Waals surface area contributed by atoms with Crippen LogP contribution in [0.15, 0.2) is 58.7 Å². The van der Waals surface area contributed by atoms with Gasteiger partial charge in [0.1, 0.15) is 11.4 Å². The number of hydrogen-bond donors (Lipinski definition) is 1. The third-order valence-corrected chi connectivity index (χ3v) is 5.40. The van der Waals surface area contributed by atoms with E-state index in [1.54, 1.807) is 12.1 Å². The minimum absolute atomic E-state index is 0.204. The Morgan fingerprint density at radius 3 is 2.28 bits per heavy atom. The minimum Gasteiger partial charge on any atom is -0.478 e. The van der Waals surface area contributed by atoms with E-state index in [0.29, 0.717) is 12.0 Å². The van der Waals surface area contributed by atoms with Crippen LogP contribution in [0.25, 0.3) is 5.57 Å². The molecule has 1 aliphatic carbocycles. The first-order valence-corrected chi connectivity index (χ1v) is 10.0. The van der Waals surface area contributed by atoms with E-state index in [9.17, 15) is 19.1 Å². The maximum Gasteiger partial charge on any atom is 0.339 e. The van der Waals surface area contributed by atoms with E-state index in [1.165, 1.54) is 13.0 Å². The predicted octanol–water partition coefficient (Wildman–Crippen LogP) is 6.06. The Balaban J connectivity index is 2.68. The molecule has 0 atom stereocenters. The maximum atomic E-state index is 14.4. The van der Waals surface area contributed by atoms with Gasteiger partial charge < -0.3 is 5.11 Å². The summed E-state index contributed by atoms with van der Waals surface area (Å²) < 4.78 is 14.4. The van der Waals surface area contributed by atoms with E-state index in [2.05, 4.69) is 0 Å². The first-order chi connectivity index (χ1) is 13.7. The van der Waals surface area contributed by atoms with Crippen molar-refractivity contribution in [2.75, 3.05) is 0 Å². The molecule has 154 valence electrons. The standard InChI is InChI=1S/C25H29FO3/c1-6-8-21(20-12-9-18(7-2)24(26)13-20)15(3)16(4)22(19-10-11-19)14-23(17(5)27)25(28)29/h6,8-9,12-14,19H,7,10-11H2,1-5H3,(H,28,29)/b8-6-,21-15+,22-16-,23-14+. The van der Waals surface area contributed by atoms with Crippen LogP contribution in [-0.2, 0) is 16.0 Å². The van der Waals surface area contributed by atoms with Crippen LogP contribution in [0.3, 0.4) is 0 Å². The second-order valence-electron chi connectivity index (χ2n) is 7.47. The monoisotopic (exact) mass is 396 g/mol. The van der Waals surface area contributed by atoms with Crippen molar-refractivity contribution in [1.82, 2.24) is 0 Å². The maximum absolute atomic E-state index is 14.4. The lowest BCUT2D eigenvalue weighted by Gasteiger charge is -2.15. The summed E-state index contributed by atoms with van der Waals surface area (Å²) in [5.74, 6) is -1.65. The van der Waals surface area contributed by atoms with Gasteiger partial charge in [-0.2, -0.15) is 0 Å². The molecule has 3 nitrogen and oxygen atoms in total. The largest absolute Gasteiger partial charge is 0.478 e. The van der Waals surface area contributed by atoms with Crippen LogP contribution in [-0.4, -0.2) is 16.9 Å². The van der Waals surface area contributed by atoms with Crippen molar-refractivity contribution in [1.29, 1.82) is 0 Å². The molecule has 0 heterocycles. The highest BCUT2D eigenvalue weighted by Crippen LogP contribution is 2.41. The number of hydrogen-bond acceptors (Lipinski definition) is 2. The molecule has 0 aliphatic heterocycles. The van der Waals surface area contributed by atoms with Crippen molar-refractivity contribution in [2.24, 2.45) is 5.92 Å². The van der Waals surface area contributed by atoms with Gasteiger partial charge in [0.25, 0.3) is 0 Å². The summed E-state index contributed by atoms with van der Waals surface area (Å²) in [6.07, 6.45) is 7.95. The zero-order valence-corrected chi connectivity index (χ0v) is 17.8. The first-order valence-electron chi connectivity index (χ1n) is 10.0. The summed E-state index contributed by atoms with van der Waals surface area (Å²) in [5, 5.41) is 9.39. The number of allylic oxidation sites excluding steroid dienone is 7. The van der Waals surface area contributed by atoms with E-state index in [-0.39, 0.29) is 17.3 Å². The van der Waals surface area contributed by atoms with Gasteiger partial charge in [-0.3, -0.25) is 4.79 Å². The number of rotatable bonds is 8. The molecule has 1 aliphatic rings. The van der Waals surface area contributed by atoms with Gasteiger partial charge in [-0.25, -0.2) is 9.18 Å². The van der Waals surface area contributed by atoms with Crippen molar-refractivity contribution in [3.63, 3.8) is 0 Å². The molecule has 1 aromatic rings. The highest BCUT2D eigenvalue weighted by Gasteiger charge is 2.28. The molecule has 0 saturated heterocycles. The molecule has 1 saturated carbocycles. The van der Waals surface area contributed by atoms with Gasteiger partial charge in [0.2, 0.25) is 0 Å². The Morgan fingerprint density at radius 2 is 1.83 bits per heavy atom. The van der Waals surface area contributed by atoms with Gasteiger partial charge in [-0.1, -0.05) is 31.2 Å². The Hall–Kier alpha value is -2.75. The zero-order valence-electron chi connectivity index (χ0n) is 17.8. The quantitative estimate of drug-likeness (QED) is 0.251. The lowest BCUT2D eigenvalue weighted by atomic mass is 9.90. The normalized spacial score (nSPS) is 16.6. The first kappa shape index (κ1) is 22.5. The third-order valence-electron chi connectivity index (χ3n) is 5.40. The van der Waals surface area contributed by atoms with Gasteiger partial charge in [0, 0.05) is 0 Å². The summed E-state index contributed by atoms with van der Waals surface area (Å²) in [6.45, 7) is 9.00. The lowest BCUT2D eigenvalue weighted by molar-refractivity contribution is -0.134. The molecular weight excluding hydrogens is 367 g/mol. The van der Waals surface area contributed by atoms with Crippen molar-refractivity contribution < 1.29 is 19.1 Å².